The van der Waals surface area contributed by atoms with E-state index in [9.17, 15) is 14.4 Å². The molecule has 0 saturated carbocycles. The third-order valence-electron chi connectivity index (χ3n) is 5.09. The van der Waals surface area contributed by atoms with Crippen LogP contribution in [0.3, 0.4) is 0 Å². The van der Waals surface area contributed by atoms with E-state index >= 15 is 8.78 Å². The molecule has 0 aliphatic carbocycles. The number of hydrogen-bond donors (Lipinski definition) is 1. The van der Waals surface area contributed by atoms with Crippen molar-refractivity contribution in [1.82, 2.24) is 9.55 Å². The van der Waals surface area contributed by atoms with Crippen molar-refractivity contribution in [2.24, 2.45) is 0 Å². The molecule has 0 amide bonds. The van der Waals surface area contributed by atoms with Gasteiger partial charge in [-0.2, -0.15) is 13.8 Å². The van der Waals surface area contributed by atoms with Crippen molar-refractivity contribution in [3.8, 4) is 0 Å². The minimum Gasteiger partial charge on any atom is -0.459 e. The third-order valence-corrected chi connectivity index (χ3v) is 5.09. The molecular weight excluding hydrogens is 452 g/mol. The Hall–Kier alpha value is -4.12. The van der Waals surface area contributed by atoms with Gasteiger partial charge in [-0.05, 0) is 30.3 Å². The Morgan fingerprint density at radius 1 is 1.00 bits per heavy atom. The van der Waals surface area contributed by atoms with Crippen LogP contribution in [-0.2, 0) is 14.2 Å². The zero-order chi connectivity index (χ0) is 24.3. The number of ether oxygens (including phenoxy) is 3. The van der Waals surface area contributed by atoms with E-state index in [0.29, 0.717) is 4.57 Å². The normalized spacial score (nSPS) is 21.1. The zero-order valence-corrected chi connectivity index (χ0v) is 17.5. The average Bonchev–Trinajstić information content (AvgIpc) is 3.08. The molecule has 1 fully saturated rings. The number of halogens is 2. The van der Waals surface area contributed by atoms with Gasteiger partial charge in [-0.3, -0.25) is 4.57 Å². The fourth-order valence-electron chi connectivity index (χ4n) is 3.43. The maximum Gasteiger partial charge on any atom is 0.351 e. The number of carbonyl (C=O) groups excluding carboxylic acids is 2. The second-order valence-corrected chi connectivity index (χ2v) is 7.40. The first-order chi connectivity index (χ1) is 16.3. The molecule has 1 saturated heterocycles. The van der Waals surface area contributed by atoms with Crippen molar-refractivity contribution < 1.29 is 32.6 Å². The van der Waals surface area contributed by atoms with Crippen molar-refractivity contribution in [3.63, 3.8) is 0 Å². The molecule has 2 aromatic carbocycles. The minimum absolute atomic E-state index is 0.0353. The molecule has 0 bridgehead atoms. The Labute approximate surface area is 191 Å². The van der Waals surface area contributed by atoms with Crippen LogP contribution in [-0.4, -0.2) is 46.2 Å². The van der Waals surface area contributed by atoms with E-state index in [-0.39, 0.29) is 16.9 Å². The summed E-state index contributed by atoms with van der Waals surface area (Å²) in [6, 6.07) is 16.6. The highest BCUT2D eigenvalue weighted by atomic mass is 19.3. The highest BCUT2D eigenvalue weighted by molar-refractivity contribution is 5.90. The lowest BCUT2D eigenvalue weighted by Crippen LogP contribution is -2.44. The van der Waals surface area contributed by atoms with Gasteiger partial charge in [0.2, 0.25) is 6.23 Å². The zero-order valence-electron chi connectivity index (χ0n) is 17.5. The summed E-state index contributed by atoms with van der Waals surface area (Å²) < 4.78 is 47.1. The van der Waals surface area contributed by atoms with Crippen LogP contribution in [0.1, 0.15) is 26.9 Å². The van der Waals surface area contributed by atoms with Gasteiger partial charge in [-0.15, -0.1) is 0 Å². The Bertz CT molecular complexity index is 1240. The Balaban J connectivity index is 1.61. The van der Waals surface area contributed by atoms with Crippen LogP contribution in [0.2, 0.25) is 0 Å². The second-order valence-electron chi connectivity index (χ2n) is 7.40. The molecule has 1 aromatic heterocycles. The number of aromatic nitrogens is 2. The summed E-state index contributed by atoms with van der Waals surface area (Å²) in [4.78, 5) is 40.5. The number of nitrogen functional groups attached to an aromatic ring is 1. The van der Waals surface area contributed by atoms with Gasteiger partial charge in [-0.25, -0.2) is 14.4 Å². The molecule has 11 heteroatoms. The lowest BCUT2D eigenvalue weighted by Gasteiger charge is -2.24. The topological polar surface area (TPSA) is 123 Å². The third kappa shape index (κ3) is 4.64. The van der Waals surface area contributed by atoms with E-state index < -0.39 is 48.6 Å². The monoisotopic (exact) mass is 471 g/mol. The first-order valence-corrected chi connectivity index (χ1v) is 10.1. The first kappa shape index (κ1) is 23.1. The predicted molar refractivity (Wildman–Crippen MR) is 114 cm³/mol. The number of hydrogen-bond acceptors (Lipinski definition) is 8. The molecule has 3 aromatic rings. The Morgan fingerprint density at radius 2 is 1.59 bits per heavy atom. The van der Waals surface area contributed by atoms with Crippen LogP contribution in [0.25, 0.3) is 0 Å². The van der Waals surface area contributed by atoms with Gasteiger partial charge in [0.15, 0.2) is 6.10 Å². The maximum atomic E-state index is 15.5. The molecule has 0 unspecified atom stereocenters. The maximum absolute atomic E-state index is 15.5. The molecule has 0 spiro atoms. The molecule has 2 N–H and O–H groups in total. The molecule has 34 heavy (non-hydrogen) atoms. The fraction of sp³-hybridized carbons (Fsp3) is 0.217. The molecule has 1 aliphatic heterocycles. The second kappa shape index (κ2) is 9.40. The Kier molecular flexibility index (Phi) is 6.37. The van der Waals surface area contributed by atoms with Crippen LogP contribution < -0.4 is 11.4 Å². The van der Waals surface area contributed by atoms with Crippen LogP contribution in [0.5, 0.6) is 0 Å². The predicted octanol–water partition coefficient (Wildman–Crippen LogP) is 2.44. The van der Waals surface area contributed by atoms with Crippen LogP contribution in [0, 0.1) is 0 Å². The summed E-state index contributed by atoms with van der Waals surface area (Å²) in [5.74, 6) is -5.86. The molecular formula is C23H19F2N3O6. The summed E-state index contributed by atoms with van der Waals surface area (Å²) in [5, 5.41) is 0. The van der Waals surface area contributed by atoms with Gasteiger partial charge in [0.1, 0.15) is 18.5 Å². The van der Waals surface area contributed by atoms with Gasteiger partial charge in [0.05, 0.1) is 11.1 Å². The number of esters is 2. The lowest BCUT2D eigenvalue weighted by atomic mass is 10.1. The lowest BCUT2D eigenvalue weighted by molar-refractivity contribution is -0.142. The van der Waals surface area contributed by atoms with E-state index in [1.807, 2.05) is 0 Å². The number of nitrogens with two attached hydrogens (primary N) is 1. The summed E-state index contributed by atoms with van der Waals surface area (Å²) in [6.07, 6.45) is -4.93. The SMILES string of the molecule is Nc1ccn([C@H]2O[C@H](COC(=O)c3ccccc3)[C@@H](OC(=O)c3ccccc3)C2(F)F)c(=O)n1. The average molecular weight is 471 g/mol. The molecule has 0 radical (unpaired) electrons. The van der Waals surface area contributed by atoms with Crippen molar-refractivity contribution in [2.45, 2.75) is 24.4 Å². The van der Waals surface area contributed by atoms with E-state index in [1.54, 1.807) is 36.4 Å². The Morgan fingerprint density at radius 3 is 2.18 bits per heavy atom. The molecule has 4 rings (SSSR count). The molecule has 9 nitrogen and oxygen atoms in total. The number of rotatable bonds is 6. The summed E-state index contributed by atoms with van der Waals surface area (Å²) >= 11 is 0. The van der Waals surface area contributed by atoms with Gasteiger partial charge in [-0.1, -0.05) is 36.4 Å². The van der Waals surface area contributed by atoms with Gasteiger partial charge < -0.3 is 19.9 Å². The number of carbonyl (C=O) groups is 2. The minimum atomic E-state index is -3.88. The van der Waals surface area contributed by atoms with Crippen LogP contribution in [0.4, 0.5) is 14.6 Å². The molecule has 1 aliphatic rings. The van der Waals surface area contributed by atoms with Crippen molar-refractivity contribution in [2.75, 3.05) is 12.3 Å². The van der Waals surface area contributed by atoms with Gasteiger partial charge in [0, 0.05) is 6.20 Å². The number of alkyl halides is 2. The summed E-state index contributed by atoms with van der Waals surface area (Å²) in [6.45, 7) is -0.663. The van der Waals surface area contributed by atoms with E-state index in [0.717, 1.165) is 12.3 Å². The van der Waals surface area contributed by atoms with Crippen molar-refractivity contribution in [3.05, 3.63) is 94.5 Å². The fourth-order valence-corrected chi connectivity index (χ4v) is 3.43. The van der Waals surface area contributed by atoms with Crippen LogP contribution in [0.15, 0.2) is 77.7 Å². The highest BCUT2D eigenvalue weighted by Crippen LogP contribution is 2.44. The quantitative estimate of drug-likeness (QED) is 0.544. The number of benzene rings is 2. The summed E-state index contributed by atoms with van der Waals surface area (Å²) in [7, 11) is 0. The molecule has 3 atom stereocenters. The standard InChI is InChI=1S/C23H19F2N3O6/c24-23(25)18(34-20(30)15-9-5-2-6-10-15)16(13-32-19(29)14-7-3-1-4-8-14)33-21(23)28-12-11-17(26)27-22(28)31/h1-12,16,18,21H,13H2,(H2,26,27,31)/t16-,18-,21+/m1/s1. The van der Waals surface area contributed by atoms with E-state index in [4.69, 9.17) is 19.9 Å². The summed E-state index contributed by atoms with van der Waals surface area (Å²) in [5.41, 5.74) is 4.58. The van der Waals surface area contributed by atoms with Crippen molar-refractivity contribution in [1.29, 1.82) is 0 Å². The highest BCUT2D eigenvalue weighted by Gasteiger charge is 2.62. The van der Waals surface area contributed by atoms with E-state index in [2.05, 4.69) is 4.98 Å². The number of anilines is 1. The molecule has 176 valence electrons. The van der Waals surface area contributed by atoms with Gasteiger partial charge >= 0.3 is 23.6 Å². The van der Waals surface area contributed by atoms with Gasteiger partial charge in [0.25, 0.3) is 0 Å². The smallest absolute Gasteiger partial charge is 0.351 e. The first-order valence-electron chi connectivity index (χ1n) is 10.1. The largest absolute Gasteiger partial charge is 0.459 e. The number of nitrogens with zero attached hydrogens (tertiary/aromatic N) is 2. The van der Waals surface area contributed by atoms with Crippen LogP contribution >= 0.6 is 0 Å². The van der Waals surface area contributed by atoms with Crippen molar-refractivity contribution >= 4 is 17.8 Å². The molecule has 2 heterocycles. The van der Waals surface area contributed by atoms with E-state index in [1.165, 1.54) is 24.3 Å².